The van der Waals surface area contributed by atoms with Gasteiger partial charge in [-0.2, -0.15) is 0 Å². The van der Waals surface area contributed by atoms with Gasteiger partial charge in [0, 0.05) is 0 Å². The molecule has 0 nitrogen and oxygen atoms in total. The maximum absolute atomic E-state index is 5.11. The molecule has 0 aliphatic rings. The average Bonchev–Trinajstić information content (AvgIpc) is 2.16. The Morgan fingerprint density at radius 1 is 1.00 bits per heavy atom. The van der Waals surface area contributed by atoms with E-state index in [1.807, 2.05) is 6.08 Å². The zero-order valence-corrected chi connectivity index (χ0v) is 8.76. The molecule has 0 aromatic heterocycles. The van der Waals surface area contributed by atoms with Crippen molar-refractivity contribution in [2.24, 2.45) is 0 Å². The fourth-order valence-corrected chi connectivity index (χ4v) is 1.17. The molecule has 0 aromatic carbocycles. The van der Waals surface area contributed by atoms with Crippen LogP contribution >= 0.6 is 0 Å². The Hall–Kier alpha value is -0.740. The summed E-state index contributed by atoms with van der Waals surface area (Å²) in [5.41, 5.74) is 2.55. The molecule has 0 N–H and O–H groups in total. The van der Waals surface area contributed by atoms with Gasteiger partial charge in [-0.25, -0.2) is 0 Å². The number of unbranched alkanes of at least 4 members (excludes halogenated alkanes) is 5. The minimum absolute atomic E-state index is 1.08. The largest absolute Gasteiger partial charge is 0.125 e. The van der Waals surface area contributed by atoms with E-state index in [1.54, 1.807) is 0 Å². The lowest BCUT2D eigenvalue weighted by Crippen LogP contribution is -1.74. The monoisotopic (exact) mass is 177 g/mol. The van der Waals surface area contributed by atoms with E-state index in [1.165, 1.54) is 38.5 Å². The van der Waals surface area contributed by atoms with Gasteiger partial charge in [0.2, 0.25) is 0 Å². The molecule has 0 amide bonds. The van der Waals surface area contributed by atoms with Crippen LogP contribution < -0.4 is 0 Å². The van der Waals surface area contributed by atoms with Crippen molar-refractivity contribution in [3.8, 4) is 0 Å². The molecule has 0 aliphatic heterocycles. The van der Waals surface area contributed by atoms with Gasteiger partial charge in [0.25, 0.3) is 0 Å². The summed E-state index contributed by atoms with van der Waals surface area (Å²) in [4.78, 5) is 0. The summed E-state index contributed by atoms with van der Waals surface area (Å²) < 4.78 is 0. The topological polar surface area (TPSA) is 0 Å². The lowest BCUT2D eigenvalue weighted by atomic mass is 10.1. The summed E-state index contributed by atoms with van der Waals surface area (Å²) in [6.45, 7) is 7.32. The SMILES string of the molecule is [CH]=C=CCCCCCC=CCCC. The van der Waals surface area contributed by atoms with Gasteiger partial charge in [0.1, 0.15) is 0 Å². The van der Waals surface area contributed by atoms with E-state index in [0.717, 1.165) is 6.42 Å². The molecule has 0 heterocycles. The van der Waals surface area contributed by atoms with Crippen LogP contribution in [0.1, 0.15) is 51.9 Å². The molecule has 0 aliphatic carbocycles. The predicted molar refractivity (Wildman–Crippen MR) is 59.5 cm³/mol. The summed E-state index contributed by atoms with van der Waals surface area (Å²) in [6, 6.07) is 0. The molecule has 0 heteroatoms. The highest BCUT2D eigenvalue weighted by Crippen LogP contribution is 2.04. The van der Waals surface area contributed by atoms with Crippen molar-refractivity contribution < 1.29 is 0 Å². The number of rotatable bonds is 8. The van der Waals surface area contributed by atoms with Crippen LogP contribution in [0, 0.1) is 6.58 Å². The second kappa shape index (κ2) is 11.3. The van der Waals surface area contributed by atoms with Gasteiger partial charge in [-0.15, -0.1) is 5.73 Å². The Labute approximate surface area is 83.0 Å². The molecule has 0 bridgehead atoms. The molecular formula is C13H21. The maximum Gasteiger partial charge on any atom is -0.0126 e. The summed E-state index contributed by atoms with van der Waals surface area (Å²) in [6.07, 6.45) is 15.1. The van der Waals surface area contributed by atoms with E-state index in [0.29, 0.717) is 0 Å². The van der Waals surface area contributed by atoms with Gasteiger partial charge in [-0.1, -0.05) is 31.9 Å². The molecule has 73 valence electrons. The van der Waals surface area contributed by atoms with Crippen molar-refractivity contribution in [2.75, 3.05) is 0 Å². The van der Waals surface area contributed by atoms with Gasteiger partial charge in [0.15, 0.2) is 0 Å². The Balaban J connectivity index is 3.03. The highest BCUT2D eigenvalue weighted by atomic mass is 13.9. The van der Waals surface area contributed by atoms with Crippen molar-refractivity contribution in [2.45, 2.75) is 51.9 Å². The highest BCUT2D eigenvalue weighted by Gasteiger charge is 1.84. The first-order valence-corrected chi connectivity index (χ1v) is 5.34. The number of hydrogen-bond acceptors (Lipinski definition) is 0. The van der Waals surface area contributed by atoms with Gasteiger partial charge in [-0.05, 0) is 44.8 Å². The third-order valence-electron chi connectivity index (χ3n) is 1.96. The van der Waals surface area contributed by atoms with Crippen molar-refractivity contribution >= 4 is 0 Å². The van der Waals surface area contributed by atoms with E-state index in [9.17, 15) is 0 Å². The second-order valence-electron chi connectivity index (χ2n) is 3.27. The van der Waals surface area contributed by atoms with Crippen molar-refractivity contribution in [1.29, 1.82) is 0 Å². The average molecular weight is 177 g/mol. The van der Waals surface area contributed by atoms with Gasteiger partial charge >= 0.3 is 0 Å². The van der Waals surface area contributed by atoms with Crippen LogP contribution in [0.3, 0.4) is 0 Å². The summed E-state index contributed by atoms with van der Waals surface area (Å²) >= 11 is 0. The minimum atomic E-state index is 1.08. The lowest BCUT2D eigenvalue weighted by molar-refractivity contribution is 0.695. The van der Waals surface area contributed by atoms with E-state index < -0.39 is 0 Å². The van der Waals surface area contributed by atoms with Crippen molar-refractivity contribution in [3.05, 3.63) is 30.5 Å². The minimum Gasteiger partial charge on any atom is -0.125 e. The van der Waals surface area contributed by atoms with Gasteiger partial charge < -0.3 is 0 Å². The third-order valence-corrected chi connectivity index (χ3v) is 1.96. The molecule has 0 unspecified atom stereocenters. The van der Waals surface area contributed by atoms with Crippen LogP contribution in [0.15, 0.2) is 24.0 Å². The van der Waals surface area contributed by atoms with Gasteiger partial charge in [-0.3, -0.25) is 0 Å². The first kappa shape index (κ1) is 12.3. The molecule has 1 radical (unpaired) electrons. The third kappa shape index (κ3) is 11.3. The normalized spacial score (nSPS) is 10.2. The smallest absolute Gasteiger partial charge is 0.0126 e. The zero-order chi connectivity index (χ0) is 9.78. The molecular weight excluding hydrogens is 156 g/mol. The van der Waals surface area contributed by atoms with Crippen LogP contribution in [-0.2, 0) is 0 Å². The molecule has 13 heavy (non-hydrogen) atoms. The zero-order valence-electron chi connectivity index (χ0n) is 8.76. The van der Waals surface area contributed by atoms with Crippen molar-refractivity contribution in [1.82, 2.24) is 0 Å². The van der Waals surface area contributed by atoms with Gasteiger partial charge in [0.05, 0.1) is 0 Å². The fourth-order valence-electron chi connectivity index (χ4n) is 1.17. The number of hydrogen-bond donors (Lipinski definition) is 0. The molecule has 0 saturated heterocycles. The first-order valence-electron chi connectivity index (χ1n) is 5.34. The van der Waals surface area contributed by atoms with E-state index >= 15 is 0 Å². The van der Waals surface area contributed by atoms with Crippen LogP contribution in [-0.4, -0.2) is 0 Å². The summed E-state index contributed by atoms with van der Waals surface area (Å²) in [5, 5.41) is 0. The fraction of sp³-hybridized carbons (Fsp3) is 0.615. The van der Waals surface area contributed by atoms with E-state index in [4.69, 9.17) is 6.58 Å². The Morgan fingerprint density at radius 3 is 2.38 bits per heavy atom. The van der Waals surface area contributed by atoms with Crippen LogP contribution in [0.2, 0.25) is 0 Å². The summed E-state index contributed by atoms with van der Waals surface area (Å²) in [7, 11) is 0. The number of allylic oxidation sites excluding steroid dienone is 3. The van der Waals surface area contributed by atoms with Crippen molar-refractivity contribution in [3.63, 3.8) is 0 Å². The molecule has 0 spiro atoms. The highest BCUT2D eigenvalue weighted by molar-refractivity contribution is 4.81. The Bertz CT molecular complexity index is 159. The Kier molecular flexibility index (Phi) is 10.6. The maximum atomic E-state index is 5.11. The van der Waals surface area contributed by atoms with E-state index in [-0.39, 0.29) is 0 Å². The molecule has 0 aromatic rings. The molecule has 0 saturated carbocycles. The van der Waals surface area contributed by atoms with Crippen LogP contribution in [0.4, 0.5) is 0 Å². The van der Waals surface area contributed by atoms with Crippen LogP contribution in [0.5, 0.6) is 0 Å². The van der Waals surface area contributed by atoms with Crippen LogP contribution in [0.25, 0.3) is 0 Å². The summed E-state index contributed by atoms with van der Waals surface area (Å²) in [5.74, 6) is 0. The Morgan fingerprint density at radius 2 is 1.69 bits per heavy atom. The predicted octanol–water partition coefficient (Wildman–Crippen LogP) is 4.44. The standard InChI is InChI=1S/C13H21/c1-3-5-7-9-11-13-12-10-8-6-4-2/h1,5,8,10H,4,6-7,9,11-13H2,2H3. The lowest BCUT2D eigenvalue weighted by Gasteiger charge is -1.94. The second-order valence-corrected chi connectivity index (χ2v) is 3.27. The molecule has 0 atom stereocenters. The quantitative estimate of drug-likeness (QED) is 0.292. The molecule has 0 fully saturated rings. The first-order chi connectivity index (χ1) is 6.41. The van der Waals surface area contributed by atoms with E-state index in [2.05, 4.69) is 24.8 Å². The molecule has 0 rings (SSSR count).